The largest absolute Gasteiger partial charge is 0.360 e. The second kappa shape index (κ2) is 7.54. The van der Waals surface area contributed by atoms with Gasteiger partial charge >= 0.3 is 0 Å². The molecule has 1 saturated heterocycles. The van der Waals surface area contributed by atoms with Gasteiger partial charge in [-0.15, -0.1) is 0 Å². The van der Waals surface area contributed by atoms with Gasteiger partial charge in [-0.05, 0) is 6.92 Å². The summed E-state index contributed by atoms with van der Waals surface area (Å²) in [7, 11) is 0. The lowest BCUT2D eigenvalue weighted by Gasteiger charge is -2.33. The summed E-state index contributed by atoms with van der Waals surface area (Å²) in [5, 5.41) is 10.4. The highest BCUT2D eigenvalue weighted by Gasteiger charge is 2.21. The lowest BCUT2D eigenvalue weighted by molar-refractivity contribution is -0.117. The van der Waals surface area contributed by atoms with Crippen LogP contribution in [0.4, 0.5) is 5.82 Å². The molecule has 0 aliphatic carbocycles. The molecular weight excluding hydrogens is 312 g/mol. The smallest absolute Gasteiger partial charge is 0.240 e. The zero-order valence-corrected chi connectivity index (χ0v) is 14.0. The van der Waals surface area contributed by atoms with Crippen LogP contribution in [0.25, 0.3) is 0 Å². The van der Waals surface area contributed by atoms with Gasteiger partial charge in [0.15, 0.2) is 11.6 Å². The predicted molar refractivity (Wildman–Crippen MR) is 85.3 cm³/mol. The second-order valence-corrected chi connectivity index (χ2v) is 5.88. The van der Waals surface area contributed by atoms with E-state index in [2.05, 4.69) is 30.4 Å². The summed E-state index contributed by atoms with van der Waals surface area (Å²) in [4.78, 5) is 20.7. The molecular formula is C15H22N6O3. The van der Waals surface area contributed by atoms with Crippen LogP contribution in [-0.2, 0) is 17.8 Å². The number of nitrogens with zero attached hydrogens (tertiary/aromatic N) is 5. The van der Waals surface area contributed by atoms with Gasteiger partial charge in [0.25, 0.3) is 0 Å². The molecule has 1 aliphatic heterocycles. The molecule has 2 aromatic heterocycles. The standard InChI is InChI=1S/C15H22N6O3/c1-3-12-17-15(24-18-12)10-21-6-4-20(5-7-21)9-14(22)16-13-8-11(2)23-19-13/h8H,3-7,9-10H2,1-2H3,(H,16,19,22). The maximum absolute atomic E-state index is 12.0. The number of aryl methyl sites for hydroxylation is 2. The van der Waals surface area contributed by atoms with Crippen LogP contribution in [0.15, 0.2) is 15.1 Å². The minimum Gasteiger partial charge on any atom is -0.360 e. The third-order valence-electron chi connectivity index (χ3n) is 3.91. The Hall–Kier alpha value is -2.26. The number of amides is 1. The third kappa shape index (κ3) is 4.39. The summed E-state index contributed by atoms with van der Waals surface area (Å²) < 4.78 is 10.2. The van der Waals surface area contributed by atoms with E-state index >= 15 is 0 Å². The van der Waals surface area contributed by atoms with Crippen molar-refractivity contribution < 1.29 is 13.8 Å². The van der Waals surface area contributed by atoms with Gasteiger partial charge in [0.1, 0.15) is 5.76 Å². The van der Waals surface area contributed by atoms with Crippen molar-refractivity contribution in [3.63, 3.8) is 0 Å². The zero-order chi connectivity index (χ0) is 16.9. The highest BCUT2D eigenvalue weighted by Crippen LogP contribution is 2.09. The van der Waals surface area contributed by atoms with E-state index in [1.165, 1.54) is 0 Å². The molecule has 2 aromatic rings. The van der Waals surface area contributed by atoms with Crippen molar-refractivity contribution in [2.75, 3.05) is 38.0 Å². The Morgan fingerprint density at radius 1 is 1.21 bits per heavy atom. The number of carbonyl (C=O) groups is 1. The van der Waals surface area contributed by atoms with Crippen LogP contribution in [0.3, 0.4) is 0 Å². The molecule has 1 aliphatic rings. The number of anilines is 1. The topological polar surface area (TPSA) is 101 Å². The molecule has 1 N–H and O–H groups in total. The van der Waals surface area contributed by atoms with Crippen LogP contribution in [0.2, 0.25) is 0 Å². The molecule has 24 heavy (non-hydrogen) atoms. The summed E-state index contributed by atoms with van der Waals surface area (Å²) in [6.45, 7) is 8.15. The second-order valence-electron chi connectivity index (χ2n) is 5.88. The summed E-state index contributed by atoms with van der Waals surface area (Å²) in [5.74, 6) is 2.44. The van der Waals surface area contributed by atoms with E-state index in [0.29, 0.717) is 30.6 Å². The third-order valence-corrected chi connectivity index (χ3v) is 3.91. The first-order valence-corrected chi connectivity index (χ1v) is 8.11. The van der Waals surface area contributed by atoms with Crippen LogP contribution < -0.4 is 5.32 Å². The highest BCUT2D eigenvalue weighted by atomic mass is 16.5. The molecule has 3 rings (SSSR count). The maximum Gasteiger partial charge on any atom is 0.240 e. The zero-order valence-electron chi connectivity index (χ0n) is 14.0. The van der Waals surface area contributed by atoms with Crippen LogP contribution in [0, 0.1) is 6.92 Å². The van der Waals surface area contributed by atoms with Crippen molar-refractivity contribution in [2.24, 2.45) is 0 Å². The Kier molecular flexibility index (Phi) is 5.21. The summed E-state index contributed by atoms with van der Waals surface area (Å²) >= 11 is 0. The molecule has 0 radical (unpaired) electrons. The van der Waals surface area contributed by atoms with E-state index < -0.39 is 0 Å². The molecule has 0 spiro atoms. The molecule has 130 valence electrons. The van der Waals surface area contributed by atoms with Crippen molar-refractivity contribution in [3.8, 4) is 0 Å². The predicted octanol–water partition coefficient (Wildman–Crippen LogP) is 0.685. The first-order valence-electron chi connectivity index (χ1n) is 8.11. The minimum absolute atomic E-state index is 0.0822. The number of hydrogen-bond acceptors (Lipinski definition) is 8. The maximum atomic E-state index is 12.0. The number of rotatable bonds is 6. The monoisotopic (exact) mass is 334 g/mol. The molecule has 9 nitrogen and oxygen atoms in total. The molecule has 1 amide bonds. The molecule has 0 atom stereocenters. The molecule has 1 fully saturated rings. The molecule has 0 aromatic carbocycles. The molecule has 3 heterocycles. The van der Waals surface area contributed by atoms with Gasteiger partial charge in [0.2, 0.25) is 11.8 Å². The first kappa shape index (κ1) is 16.6. The Bertz CT molecular complexity index is 674. The van der Waals surface area contributed by atoms with E-state index in [4.69, 9.17) is 9.05 Å². The normalized spacial score (nSPS) is 16.4. The molecule has 0 unspecified atom stereocenters. The Balaban J connectivity index is 1.40. The summed E-state index contributed by atoms with van der Waals surface area (Å²) in [5.41, 5.74) is 0. The lowest BCUT2D eigenvalue weighted by atomic mass is 10.3. The fourth-order valence-electron chi connectivity index (χ4n) is 2.61. The van der Waals surface area contributed by atoms with Crippen molar-refractivity contribution in [1.29, 1.82) is 0 Å². The van der Waals surface area contributed by atoms with E-state index in [1.807, 2.05) is 6.92 Å². The number of hydrogen-bond donors (Lipinski definition) is 1. The van der Waals surface area contributed by atoms with Gasteiger partial charge in [-0.25, -0.2) is 0 Å². The minimum atomic E-state index is -0.0822. The number of aromatic nitrogens is 3. The van der Waals surface area contributed by atoms with Crippen LogP contribution in [-0.4, -0.2) is 63.7 Å². The van der Waals surface area contributed by atoms with Crippen LogP contribution in [0.1, 0.15) is 24.4 Å². The average Bonchev–Trinajstić information content (AvgIpc) is 3.18. The van der Waals surface area contributed by atoms with Crippen molar-refractivity contribution in [3.05, 3.63) is 23.5 Å². The SMILES string of the molecule is CCc1noc(CN2CCN(CC(=O)Nc3cc(C)on3)CC2)n1. The van der Waals surface area contributed by atoms with Crippen molar-refractivity contribution in [1.82, 2.24) is 25.1 Å². The lowest BCUT2D eigenvalue weighted by Crippen LogP contribution is -2.48. The van der Waals surface area contributed by atoms with E-state index in [-0.39, 0.29) is 5.91 Å². The van der Waals surface area contributed by atoms with E-state index in [0.717, 1.165) is 38.4 Å². The average molecular weight is 334 g/mol. The van der Waals surface area contributed by atoms with Gasteiger partial charge in [-0.1, -0.05) is 17.2 Å². The van der Waals surface area contributed by atoms with Crippen LogP contribution in [0.5, 0.6) is 0 Å². The van der Waals surface area contributed by atoms with Gasteiger partial charge in [-0.3, -0.25) is 14.6 Å². The van der Waals surface area contributed by atoms with E-state index in [1.54, 1.807) is 13.0 Å². The van der Waals surface area contributed by atoms with Gasteiger partial charge < -0.3 is 14.4 Å². The Morgan fingerprint density at radius 2 is 1.96 bits per heavy atom. The Labute approximate surface area is 140 Å². The first-order chi connectivity index (χ1) is 11.6. The van der Waals surface area contributed by atoms with Crippen molar-refractivity contribution in [2.45, 2.75) is 26.8 Å². The summed E-state index contributed by atoms with van der Waals surface area (Å²) in [6.07, 6.45) is 0.775. The van der Waals surface area contributed by atoms with E-state index in [9.17, 15) is 4.79 Å². The number of piperazine rings is 1. The van der Waals surface area contributed by atoms with Crippen molar-refractivity contribution >= 4 is 11.7 Å². The number of nitrogens with one attached hydrogen (secondary N) is 1. The fourth-order valence-corrected chi connectivity index (χ4v) is 2.61. The molecule has 0 saturated carbocycles. The van der Waals surface area contributed by atoms with Gasteiger partial charge in [-0.2, -0.15) is 4.98 Å². The fraction of sp³-hybridized carbons (Fsp3) is 0.600. The van der Waals surface area contributed by atoms with Gasteiger partial charge in [0, 0.05) is 38.7 Å². The van der Waals surface area contributed by atoms with Gasteiger partial charge in [0.05, 0.1) is 13.1 Å². The summed E-state index contributed by atoms with van der Waals surface area (Å²) in [6, 6.07) is 1.70. The molecule has 0 bridgehead atoms. The van der Waals surface area contributed by atoms with Crippen LogP contribution >= 0.6 is 0 Å². The number of carbonyl (C=O) groups excluding carboxylic acids is 1. The Morgan fingerprint density at radius 3 is 2.58 bits per heavy atom. The molecule has 9 heteroatoms. The highest BCUT2D eigenvalue weighted by molar-refractivity contribution is 5.91. The quantitative estimate of drug-likeness (QED) is 0.823.